The van der Waals surface area contributed by atoms with Crippen LogP contribution in [0.4, 0.5) is 0 Å². The molecule has 2 aromatic carbocycles. The first kappa shape index (κ1) is 16.4. The van der Waals surface area contributed by atoms with Crippen LogP contribution in [0.3, 0.4) is 0 Å². The van der Waals surface area contributed by atoms with Crippen molar-refractivity contribution in [3.05, 3.63) is 65.8 Å². The molecule has 0 bridgehead atoms. The number of aromatic nitrogens is 1. The third-order valence-electron chi connectivity index (χ3n) is 4.67. The molecule has 0 N–H and O–H groups in total. The zero-order valence-corrected chi connectivity index (χ0v) is 15.6. The van der Waals surface area contributed by atoms with E-state index in [0.717, 1.165) is 22.3 Å². The predicted molar refractivity (Wildman–Crippen MR) is 102 cm³/mol. The molecule has 1 aromatic heterocycles. The Labute approximate surface area is 152 Å². The van der Waals surface area contributed by atoms with E-state index in [4.69, 9.17) is 11.6 Å². The van der Waals surface area contributed by atoms with Gasteiger partial charge in [-0.05, 0) is 37.1 Å². The Balaban J connectivity index is 2.08. The zero-order chi connectivity index (χ0) is 17.8. The zero-order valence-electron chi connectivity index (χ0n) is 14.0. The van der Waals surface area contributed by atoms with Gasteiger partial charge in [-0.2, -0.15) is 0 Å². The highest BCUT2D eigenvalue weighted by molar-refractivity contribution is 7.91. The smallest absolute Gasteiger partial charge is 0.196 e. The van der Waals surface area contributed by atoms with Crippen molar-refractivity contribution < 1.29 is 8.42 Å². The predicted octanol–water partition coefficient (Wildman–Crippen LogP) is 5.00. The minimum atomic E-state index is -3.35. The van der Waals surface area contributed by atoms with Crippen LogP contribution >= 0.6 is 11.6 Å². The first-order chi connectivity index (χ1) is 11.8. The maximum atomic E-state index is 12.9. The third-order valence-corrected chi connectivity index (χ3v) is 7.00. The number of hydrogen-bond acceptors (Lipinski definition) is 2. The summed E-state index contributed by atoms with van der Waals surface area (Å²) in [6, 6.07) is 17.2. The standard InChI is InChI=1S/C20H18ClNO2S/c1-20(2)13-25(23,24)19-18(15-6-4-3-5-7-15)17(12-22(19)20)14-8-10-16(21)11-9-14/h3-12H,13H2,1-2H3. The Hall–Kier alpha value is -2.04. The van der Waals surface area contributed by atoms with Crippen molar-refractivity contribution in [1.29, 1.82) is 0 Å². The Morgan fingerprint density at radius 3 is 2.24 bits per heavy atom. The molecule has 0 saturated carbocycles. The van der Waals surface area contributed by atoms with Gasteiger partial charge in [0.05, 0.1) is 11.3 Å². The van der Waals surface area contributed by atoms with E-state index in [9.17, 15) is 8.42 Å². The molecule has 0 radical (unpaired) electrons. The largest absolute Gasteiger partial charge is 0.331 e. The molecule has 1 aliphatic heterocycles. The second-order valence-electron chi connectivity index (χ2n) is 7.04. The van der Waals surface area contributed by atoms with Crippen LogP contribution in [-0.4, -0.2) is 18.7 Å². The summed E-state index contributed by atoms with van der Waals surface area (Å²) in [5, 5.41) is 1.07. The molecule has 128 valence electrons. The number of halogens is 1. The van der Waals surface area contributed by atoms with Crippen molar-refractivity contribution in [2.24, 2.45) is 0 Å². The molecule has 2 heterocycles. The van der Waals surface area contributed by atoms with Crippen LogP contribution in [-0.2, 0) is 15.4 Å². The summed E-state index contributed by atoms with van der Waals surface area (Å²) in [6.07, 6.45) is 1.96. The lowest BCUT2D eigenvalue weighted by molar-refractivity contribution is 0.399. The van der Waals surface area contributed by atoms with E-state index in [0.29, 0.717) is 10.0 Å². The van der Waals surface area contributed by atoms with Gasteiger partial charge in [0.1, 0.15) is 5.03 Å². The van der Waals surface area contributed by atoms with Crippen LogP contribution in [0, 0.1) is 0 Å². The fourth-order valence-electron chi connectivity index (χ4n) is 3.58. The minimum Gasteiger partial charge on any atom is -0.331 e. The van der Waals surface area contributed by atoms with Crippen LogP contribution in [0.15, 0.2) is 65.8 Å². The average molecular weight is 372 g/mol. The third kappa shape index (κ3) is 2.60. The Morgan fingerprint density at radius 2 is 1.60 bits per heavy atom. The fourth-order valence-corrected chi connectivity index (χ4v) is 6.05. The van der Waals surface area contributed by atoms with Gasteiger partial charge in [-0.1, -0.05) is 54.1 Å². The first-order valence-corrected chi connectivity index (χ1v) is 10.1. The molecule has 25 heavy (non-hydrogen) atoms. The highest BCUT2D eigenvalue weighted by Crippen LogP contribution is 2.46. The van der Waals surface area contributed by atoms with Crippen molar-refractivity contribution in [3.8, 4) is 22.3 Å². The molecular formula is C20H18ClNO2S. The molecule has 3 aromatic rings. The lowest BCUT2D eigenvalue weighted by Crippen LogP contribution is -2.25. The number of sulfone groups is 1. The molecule has 5 heteroatoms. The Kier molecular flexibility index (Phi) is 3.60. The lowest BCUT2D eigenvalue weighted by Gasteiger charge is -2.18. The van der Waals surface area contributed by atoms with Gasteiger partial charge >= 0.3 is 0 Å². The fraction of sp³-hybridized carbons (Fsp3) is 0.200. The summed E-state index contributed by atoms with van der Waals surface area (Å²) in [5.41, 5.74) is 3.07. The van der Waals surface area contributed by atoms with E-state index in [2.05, 4.69) is 0 Å². The van der Waals surface area contributed by atoms with Gasteiger partial charge in [-0.3, -0.25) is 0 Å². The normalized spacial score (nSPS) is 17.4. The van der Waals surface area contributed by atoms with Crippen LogP contribution in [0.1, 0.15) is 13.8 Å². The van der Waals surface area contributed by atoms with Crippen LogP contribution in [0.25, 0.3) is 22.3 Å². The lowest BCUT2D eigenvalue weighted by atomic mass is 9.99. The summed E-state index contributed by atoms with van der Waals surface area (Å²) in [6.45, 7) is 3.92. The molecular weight excluding hydrogens is 354 g/mol. The number of nitrogens with zero attached hydrogens (tertiary/aromatic N) is 1. The van der Waals surface area contributed by atoms with E-state index in [-0.39, 0.29) is 5.75 Å². The summed E-state index contributed by atoms with van der Waals surface area (Å²) in [4.78, 5) is 0. The molecule has 0 atom stereocenters. The maximum Gasteiger partial charge on any atom is 0.196 e. The van der Waals surface area contributed by atoms with Crippen molar-refractivity contribution in [2.45, 2.75) is 24.4 Å². The molecule has 0 amide bonds. The summed E-state index contributed by atoms with van der Waals surface area (Å²) >= 11 is 6.02. The topological polar surface area (TPSA) is 39.1 Å². The summed E-state index contributed by atoms with van der Waals surface area (Å²) in [7, 11) is -3.35. The second-order valence-corrected chi connectivity index (χ2v) is 9.38. The van der Waals surface area contributed by atoms with Crippen molar-refractivity contribution in [1.82, 2.24) is 4.57 Å². The van der Waals surface area contributed by atoms with Gasteiger partial charge in [-0.25, -0.2) is 8.42 Å². The van der Waals surface area contributed by atoms with Crippen LogP contribution in [0.5, 0.6) is 0 Å². The molecule has 3 nitrogen and oxygen atoms in total. The molecule has 0 fully saturated rings. The number of benzene rings is 2. The molecule has 0 spiro atoms. The Bertz CT molecular complexity index is 1050. The van der Waals surface area contributed by atoms with E-state index in [1.165, 1.54) is 0 Å². The monoisotopic (exact) mass is 371 g/mol. The number of fused-ring (bicyclic) bond motifs is 1. The van der Waals surface area contributed by atoms with Crippen molar-refractivity contribution in [3.63, 3.8) is 0 Å². The molecule has 1 aliphatic rings. The molecule has 0 aliphatic carbocycles. The van der Waals surface area contributed by atoms with Gasteiger partial charge in [0.15, 0.2) is 9.84 Å². The van der Waals surface area contributed by atoms with E-state index < -0.39 is 15.4 Å². The Morgan fingerprint density at radius 1 is 0.960 bits per heavy atom. The summed E-state index contributed by atoms with van der Waals surface area (Å²) < 4.78 is 27.8. The summed E-state index contributed by atoms with van der Waals surface area (Å²) in [5.74, 6) is 0.121. The highest BCUT2D eigenvalue weighted by Gasteiger charge is 2.43. The minimum absolute atomic E-state index is 0.121. The SMILES string of the molecule is CC1(C)CS(=O)(=O)c2c(-c3ccccc3)c(-c3ccc(Cl)cc3)cn21. The van der Waals surface area contributed by atoms with E-state index in [1.807, 2.05) is 79.2 Å². The van der Waals surface area contributed by atoms with Gasteiger partial charge in [0.2, 0.25) is 0 Å². The molecule has 0 unspecified atom stereocenters. The number of rotatable bonds is 2. The van der Waals surface area contributed by atoms with Gasteiger partial charge in [0, 0.05) is 22.3 Å². The maximum absolute atomic E-state index is 12.9. The quantitative estimate of drug-likeness (QED) is 0.636. The van der Waals surface area contributed by atoms with Gasteiger partial charge in [0.25, 0.3) is 0 Å². The van der Waals surface area contributed by atoms with Gasteiger partial charge < -0.3 is 4.57 Å². The molecule has 4 rings (SSSR count). The highest BCUT2D eigenvalue weighted by atomic mass is 35.5. The van der Waals surface area contributed by atoms with Crippen LogP contribution in [0.2, 0.25) is 5.02 Å². The second kappa shape index (κ2) is 5.48. The van der Waals surface area contributed by atoms with Crippen molar-refractivity contribution >= 4 is 21.4 Å². The first-order valence-electron chi connectivity index (χ1n) is 8.09. The van der Waals surface area contributed by atoms with Crippen molar-refractivity contribution in [2.75, 3.05) is 5.75 Å². The molecule has 0 saturated heterocycles. The number of hydrogen-bond donors (Lipinski definition) is 0. The van der Waals surface area contributed by atoms with E-state index in [1.54, 1.807) is 0 Å². The van der Waals surface area contributed by atoms with E-state index >= 15 is 0 Å². The van der Waals surface area contributed by atoms with Crippen LogP contribution < -0.4 is 0 Å². The van der Waals surface area contributed by atoms with Gasteiger partial charge in [-0.15, -0.1) is 0 Å². The average Bonchev–Trinajstić information content (AvgIpc) is 3.04.